The fourth-order valence-corrected chi connectivity index (χ4v) is 2.72. The molecule has 0 saturated carbocycles. The maximum atomic E-state index is 13.1. The molecule has 1 amide bonds. The molecular weight excluding hydrogens is 363 g/mol. The highest BCUT2D eigenvalue weighted by Crippen LogP contribution is 2.34. The Morgan fingerprint density at radius 1 is 1.07 bits per heavy atom. The van der Waals surface area contributed by atoms with Gasteiger partial charge in [-0.25, -0.2) is 9.36 Å². The van der Waals surface area contributed by atoms with Crippen molar-refractivity contribution in [2.75, 3.05) is 5.32 Å². The van der Waals surface area contributed by atoms with E-state index in [1.807, 2.05) is 0 Å². The second-order valence-corrected chi connectivity index (χ2v) is 5.86. The van der Waals surface area contributed by atoms with Gasteiger partial charge in [-0.05, 0) is 31.2 Å². The summed E-state index contributed by atoms with van der Waals surface area (Å²) in [5.74, 6) is -0.922. The fourth-order valence-electron chi connectivity index (χ4n) is 2.72. The number of fused-ring (bicyclic) bond motifs is 1. The minimum Gasteiger partial charge on any atom is -0.324 e. The molecule has 0 aliphatic carbocycles. The van der Waals surface area contributed by atoms with Gasteiger partial charge in [-0.3, -0.25) is 9.59 Å². The molecule has 0 fully saturated rings. The minimum absolute atomic E-state index is 0.187. The molecule has 9 heteroatoms. The van der Waals surface area contributed by atoms with Gasteiger partial charge in [0.1, 0.15) is 6.04 Å². The highest BCUT2D eigenvalue weighted by atomic mass is 19.4. The summed E-state index contributed by atoms with van der Waals surface area (Å²) in [7, 11) is 0. The molecule has 1 aromatic heterocycles. The molecule has 3 aromatic rings. The molecule has 2 N–H and O–H groups in total. The summed E-state index contributed by atoms with van der Waals surface area (Å²) in [6, 6.07) is 9.37. The van der Waals surface area contributed by atoms with Crippen LogP contribution < -0.4 is 16.6 Å². The molecule has 140 valence electrons. The maximum Gasteiger partial charge on any atom is 0.418 e. The molecule has 0 aliphatic rings. The van der Waals surface area contributed by atoms with Crippen LogP contribution in [0.25, 0.3) is 10.9 Å². The van der Waals surface area contributed by atoms with Gasteiger partial charge in [-0.1, -0.05) is 24.3 Å². The number of H-pyrrole nitrogens is 1. The van der Waals surface area contributed by atoms with Crippen LogP contribution in [0.2, 0.25) is 0 Å². The monoisotopic (exact) mass is 377 g/mol. The Morgan fingerprint density at radius 3 is 2.41 bits per heavy atom. The van der Waals surface area contributed by atoms with E-state index in [4.69, 9.17) is 0 Å². The van der Waals surface area contributed by atoms with E-state index in [1.165, 1.54) is 31.2 Å². The van der Waals surface area contributed by atoms with Gasteiger partial charge in [0.2, 0.25) is 5.91 Å². The smallest absolute Gasteiger partial charge is 0.324 e. The van der Waals surface area contributed by atoms with Crippen LogP contribution in [0.3, 0.4) is 0 Å². The third kappa shape index (κ3) is 3.48. The van der Waals surface area contributed by atoms with Crippen molar-refractivity contribution < 1.29 is 18.0 Å². The lowest BCUT2D eigenvalue weighted by atomic mass is 10.1. The van der Waals surface area contributed by atoms with Crippen molar-refractivity contribution in [3.05, 3.63) is 74.9 Å². The fraction of sp³-hybridized carbons (Fsp3) is 0.167. The molecular formula is C18H14F3N3O3. The van der Waals surface area contributed by atoms with Crippen LogP contribution >= 0.6 is 0 Å². The number of aromatic amines is 1. The molecule has 0 bridgehead atoms. The summed E-state index contributed by atoms with van der Waals surface area (Å²) in [4.78, 5) is 39.7. The summed E-state index contributed by atoms with van der Waals surface area (Å²) in [5.41, 5.74) is -2.71. The highest BCUT2D eigenvalue weighted by Gasteiger charge is 2.34. The number of hydrogen-bond acceptors (Lipinski definition) is 3. The van der Waals surface area contributed by atoms with Crippen molar-refractivity contribution in [2.45, 2.75) is 19.1 Å². The van der Waals surface area contributed by atoms with E-state index >= 15 is 0 Å². The predicted molar refractivity (Wildman–Crippen MR) is 93.6 cm³/mol. The van der Waals surface area contributed by atoms with E-state index < -0.39 is 40.6 Å². The van der Waals surface area contributed by atoms with Crippen molar-refractivity contribution in [3.63, 3.8) is 0 Å². The number of carbonyl (C=O) groups is 1. The molecule has 2 aromatic carbocycles. The Hall–Kier alpha value is -3.36. The number of nitrogens with zero attached hydrogens (tertiary/aromatic N) is 1. The number of nitrogens with one attached hydrogen (secondary N) is 2. The molecule has 6 nitrogen and oxygen atoms in total. The number of amides is 1. The first-order chi connectivity index (χ1) is 12.7. The van der Waals surface area contributed by atoms with E-state index in [0.29, 0.717) is 10.1 Å². The summed E-state index contributed by atoms with van der Waals surface area (Å²) >= 11 is 0. The number of halogens is 3. The first-order valence-corrected chi connectivity index (χ1v) is 7.91. The Morgan fingerprint density at radius 2 is 1.70 bits per heavy atom. The Bertz CT molecular complexity index is 1130. The van der Waals surface area contributed by atoms with E-state index in [9.17, 15) is 27.6 Å². The molecule has 0 aliphatic heterocycles. The lowest BCUT2D eigenvalue weighted by Gasteiger charge is -2.17. The van der Waals surface area contributed by atoms with Gasteiger partial charge in [0, 0.05) is 0 Å². The zero-order chi connectivity index (χ0) is 19.8. The number of anilines is 1. The number of hydrogen-bond donors (Lipinski definition) is 2. The topological polar surface area (TPSA) is 84.0 Å². The van der Waals surface area contributed by atoms with Crippen LogP contribution in [0.4, 0.5) is 18.9 Å². The van der Waals surface area contributed by atoms with Crippen molar-refractivity contribution in [3.8, 4) is 0 Å². The second kappa shape index (κ2) is 6.75. The van der Waals surface area contributed by atoms with Gasteiger partial charge in [-0.2, -0.15) is 13.2 Å². The van der Waals surface area contributed by atoms with Gasteiger partial charge in [0.25, 0.3) is 5.56 Å². The lowest BCUT2D eigenvalue weighted by Crippen LogP contribution is -2.41. The summed E-state index contributed by atoms with van der Waals surface area (Å²) < 4.78 is 39.9. The van der Waals surface area contributed by atoms with E-state index in [2.05, 4.69) is 10.3 Å². The molecule has 0 saturated heterocycles. The molecule has 0 spiro atoms. The number of rotatable bonds is 3. The first-order valence-electron chi connectivity index (χ1n) is 7.91. The van der Waals surface area contributed by atoms with Crippen LogP contribution in [0.15, 0.2) is 58.1 Å². The van der Waals surface area contributed by atoms with Gasteiger partial charge in [0.15, 0.2) is 0 Å². The van der Waals surface area contributed by atoms with Crippen LogP contribution in [-0.2, 0) is 11.0 Å². The van der Waals surface area contributed by atoms with Crippen molar-refractivity contribution >= 4 is 22.5 Å². The van der Waals surface area contributed by atoms with Gasteiger partial charge in [0.05, 0.1) is 22.2 Å². The third-order valence-electron chi connectivity index (χ3n) is 4.09. The zero-order valence-electron chi connectivity index (χ0n) is 14.0. The summed E-state index contributed by atoms with van der Waals surface area (Å²) in [6.07, 6.45) is -4.66. The number of aromatic nitrogens is 2. The van der Waals surface area contributed by atoms with Crippen LogP contribution in [0.5, 0.6) is 0 Å². The van der Waals surface area contributed by atoms with Gasteiger partial charge >= 0.3 is 11.9 Å². The SMILES string of the molecule is CC(C(=O)Nc1ccccc1C(F)(F)F)n1c(=O)[nH]c2ccccc2c1=O. The van der Waals surface area contributed by atoms with Crippen LogP contribution in [0, 0.1) is 0 Å². The Kier molecular flexibility index (Phi) is 4.61. The van der Waals surface area contributed by atoms with Crippen LogP contribution in [-0.4, -0.2) is 15.5 Å². The quantitative estimate of drug-likeness (QED) is 0.736. The Labute approximate surface area is 150 Å². The number of para-hydroxylation sites is 2. The molecule has 0 radical (unpaired) electrons. The Balaban J connectivity index is 2.00. The second-order valence-electron chi connectivity index (χ2n) is 5.86. The highest BCUT2D eigenvalue weighted by molar-refractivity contribution is 5.94. The van der Waals surface area contributed by atoms with Crippen LogP contribution in [0.1, 0.15) is 18.5 Å². The third-order valence-corrected chi connectivity index (χ3v) is 4.09. The summed E-state index contributed by atoms with van der Waals surface area (Å²) in [5, 5.41) is 2.33. The van der Waals surface area contributed by atoms with E-state index in [-0.39, 0.29) is 5.39 Å². The normalized spacial score (nSPS) is 12.7. The maximum absolute atomic E-state index is 13.1. The number of benzene rings is 2. The lowest BCUT2D eigenvalue weighted by molar-refractivity contribution is -0.137. The van der Waals surface area contributed by atoms with E-state index in [1.54, 1.807) is 12.1 Å². The minimum atomic E-state index is -4.66. The molecule has 27 heavy (non-hydrogen) atoms. The standard InChI is InChI=1S/C18H14F3N3O3/c1-10(15(25)22-14-9-5-3-7-12(14)18(19,20)21)24-16(26)11-6-2-4-8-13(11)23-17(24)27/h2-10H,1H3,(H,22,25)(H,23,27). The predicted octanol–water partition coefficient (Wildman–Crippen LogP) is 2.91. The zero-order valence-corrected chi connectivity index (χ0v) is 14.0. The van der Waals surface area contributed by atoms with E-state index in [0.717, 1.165) is 12.1 Å². The molecule has 1 heterocycles. The average Bonchev–Trinajstić information content (AvgIpc) is 2.61. The molecule has 1 unspecified atom stereocenters. The average molecular weight is 377 g/mol. The number of carbonyl (C=O) groups excluding carboxylic acids is 1. The molecule has 1 atom stereocenters. The summed E-state index contributed by atoms with van der Waals surface area (Å²) in [6.45, 7) is 1.26. The van der Waals surface area contributed by atoms with Gasteiger partial charge < -0.3 is 10.3 Å². The largest absolute Gasteiger partial charge is 0.418 e. The molecule has 3 rings (SSSR count). The number of alkyl halides is 3. The van der Waals surface area contributed by atoms with Crippen molar-refractivity contribution in [2.24, 2.45) is 0 Å². The van der Waals surface area contributed by atoms with Gasteiger partial charge in [-0.15, -0.1) is 0 Å². The van der Waals surface area contributed by atoms with Crippen molar-refractivity contribution in [1.82, 2.24) is 9.55 Å². The first kappa shape index (κ1) is 18.4. The van der Waals surface area contributed by atoms with Crippen molar-refractivity contribution in [1.29, 1.82) is 0 Å².